The fourth-order valence-electron chi connectivity index (χ4n) is 2.04. The molecule has 6 heteroatoms. The summed E-state index contributed by atoms with van der Waals surface area (Å²) in [6.07, 6.45) is 1.08. The molecule has 0 saturated carbocycles. The van der Waals surface area contributed by atoms with Gasteiger partial charge in [0.15, 0.2) is 9.84 Å². The van der Waals surface area contributed by atoms with E-state index in [0.29, 0.717) is 19.4 Å². The summed E-state index contributed by atoms with van der Waals surface area (Å²) < 4.78 is 29.3. The van der Waals surface area contributed by atoms with E-state index in [4.69, 9.17) is 10.5 Å². The second kappa shape index (κ2) is 5.19. The number of hydrogen-bond donors (Lipinski definition) is 1. The van der Waals surface area contributed by atoms with Gasteiger partial charge in [0.2, 0.25) is 0 Å². The van der Waals surface area contributed by atoms with Crippen LogP contribution in [0.4, 0.5) is 0 Å². The lowest BCUT2D eigenvalue weighted by Crippen LogP contribution is -2.42. The van der Waals surface area contributed by atoms with Crippen LogP contribution in [0.25, 0.3) is 0 Å². The largest absolute Gasteiger partial charge is 0.494 e. The Kier molecular flexibility index (Phi) is 3.99. The van der Waals surface area contributed by atoms with Crippen molar-refractivity contribution >= 4 is 25.8 Å². The van der Waals surface area contributed by atoms with Gasteiger partial charge < -0.3 is 10.5 Å². The van der Waals surface area contributed by atoms with E-state index in [1.807, 2.05) is 24.3 Å². The highest BCUT2D eigenvalue weighted by Gasteiger charge is 2.38. The van der Waals surface area contributed by atoms with Crippen LogP contribution in [0.15, 0.2) is 28.7 Å². The summed E-state index contributed by atoms with van der Waals surface area (Å²) in [5, 5.41) is 0. The van der Waals surface area contributed by atoms with E-state index in [9.17, 15) is 8.42 Å². The maximum absolute atomic E-state index is 11.4. The lowest BCUT2D eigenvalue weighted by atomic mass is 9.97. The molecule has 4 nitrogen and oxygen atoms in total. The minimum atomic E-state index is -2.94. The van der Waals surface area contributed by atoms with E-state index < -0.39 is 15.4 Å². The summed E-state index contributed by atoms with van der Waals surface area (Å²) in [6, 6.07) is 7.51. The highest BCUT2D eigenvalue weighted by Crippen LogP contribution is 2.24. The Labute approximate surface area is 116 Å². The van der Waals surface area contributed by atoms with Crippen molar-refractivity contribution in [2.24, 2.45) is 5.73 Å². The lowest BCUT2D eigenvalue weighted by molar-refractivity contribution is 0.268. The maximum atomic E-state index is 11.4. The summed E-state index contributed by atoms with van der Waals surface area (Å²) >= 11 is 3.35. The monoisotopic (exact) mass is 333 g/mol. The zero-order chi connectivity index (χ0) is 13.2. The van der Waals surface area contributed by atoms with Crippen LogP contribution >= 0.6 is 15.9 Å². The molecular weight excluding hydrogens is 318 g/mol. The van der Waals surface area contributed by atoms with Crippen LogP contribution in [0, 0.1) is 0 Å². The molecule has 0 aromatic heterocycles. The van der Waals surface area contributed by atoms with E-state index in [1.165, 1.54) is 0 Å². The molecule has 0 aliphatic carbocycles. The molecule has 0 spiro atoms. The van der Waals surface area contributed by atoms with Crippen LogP contribution in [0.3, 0.4) is 0 Å². The third-order valence-corrected chi connectivity index (χ3v) is 5.47. The highest BCUT2D eigenvalue weighted by atomic mass is 79.9. The summed E-state index contributed by atoms with van der Waals surface area (Å²) in [7, 11) is -2.94. The Morgan fingerprint density at radius 2 is 2.00 bits per heavy atom. The molecule has 18 heavy (non-hydrogen) atoms. The van der Waals surface area contributed by atoms with Gasteiger partial charge in [-0.15, -0.1) is 0 Å². The molecule has 2 rings (SSSR count). The topological polar surface area (TPSA) is 69.4 Å². The van der Waals surface area contributed by atoms with Crippen molar-refractivity contribution in [1.29, 1.82) is 0 Å². The quantitative estimate of drug-likeness (QED) is 0.911. The van der Waals surface area contributed by atoms with Gasteiger partial charge in [-0.05, 0) is 30.7 Å². The first-order valence-corrected chi connectivity index (χ1v) is 8.38. The second-order valence-electron chi connectivity index (χ2n) is 4.76. The van der Waals surface area contributed by atoms with Crippen molar-refractivity contribution in [2.45, 2.75) is 18.4 Å². The molecule has 1 aliphatic rings. The number of ether oxygens (including phenoxy) is 1. The molecule has 1 unspecified atom stereocenters. The first kappa shape index (κ1) is 13.8. The minimum Gasteiger partial charge on any atom is -0.494 e. The van der Waals surface area contributed by atoms with Gasteiger partial charge in [0.05, 0.1) is 18.1 Å². The number of rotatable bonds is 4. The number of nitrogens with two attached hydrogens (primary N) is 1. The Morgan fingerprint density at radius 1 is 1.33 bits per heavy atom. The van der Waals surface area contributed by atoms with Crippen LogP contribution in [0.1, 0.15) is 12.8 Å². The Morgan fingerprint density at radius 3 is 2.56 bits per heavy atom. The van der Waals surface area contributed by atoms with Crippen molar-refractivity contribution in [1.82, 2.24) is 0 Å². The fourth-order valence-corrected chi connectivity index (χ4v) is 4.33. The van der Waals surface area contributed by atoms with Crippen molar-refractivity contribution < 1.29 is 13.2 Å². The molecule has 1 heterocycles. The standard InChI is InChI=1S/C12H16BrNO3S/c13-10-1-3-11(4-2-10)17-7-5-12(14)6-8-18(15,16)9-12/h1-4H,5-9,14H2. The Balaban J connectivity index is 1.84. The maximum Gasteiger partial charge on any atom is 0.152 e. The van der Waals surface area contributed by atoms with Gasteiger partial charge in [0, 0.05) is 16.4 Å². The van der Waals surface area contributed by atoms with Gasteiger partial charge in [-0.25, -0.2) is 8.42 Å². The fraction of sp³-hybridized carbons (Fsp3) is 0.500. The minimum absolute atomic E-state index is 0.0731. The molecule has 1 aliphatic heterocycles. The smallest absolute Gasteiger partial charge is 0.152 e. The predicted octanol–water partition coefficient (Wildman–Crippen LogP) is 1.73. The third kappa shape index (κ3) is 3.70. The first-order valence-electron chi connectivity index (χ1n) is 5.76. The Bertz CT molecular complexity index is 515. The third-order valence-electron chi connectivity index (χ3n) is 3.10. The summed E-state index contributed by atoms with van der Waals surface area (Å²) in [4.78, 5) is 0. The lowest BCUT2D eigenvalue weighted by Gasteiger charge is -2.21. The molecule has 1 atom stereocenters. The van der Waals surface area contributed by atoms with Gasteiger partial charge in [-0.3, -0.25) is 0 Å². The molecule has 1 aromatic carbocycles. The van der Waals surface area contributed by atoms with Crippen LogP contribution in [-0.4, -0.2) is 32.1 Å². The van der Waals surface area contributed by atoms with E-state index >= 15 is 0 Å². The number of benzene rings is 1. The number of hydrogen-bond acceptors (Lipinski definition) is 4. The van der Waals surface area contributed by atoms with Gasteiger partial charge in [0.25, 0.3) is 0 Å². The molecular formula is C12H16BrNO3S. The van der Waals surface area contributed by atoms with Gasteiger partial charge in [0.1, 0.15) is 5.75 Å². The average molecular weight is 334 g/mol. The van der Waals surface area contributed by atoms with Gasteiger partial charge >= 0.3 is 0 Å². The summed E-state index contributed by atoms with van der Waals surface area (Å²) in [5.74, 6) is 1.04. The zero-order valence-corrected chi connectivity index (χ0v) is 12.3. The van der Waals surface area contributed by atoms with Crippen LogP contribution < -0.4 is 10.5 Å². The van der Waals surface area contributed by atoms with Crippen molar-refractivity contribution in [3.8, 4) is 5.75 Å². The highest BCUT2D eigenvalue weighted by molar-refractivity contribution is 9.10. The molecule has 1 fully saturated rings. The van der Waals surface area contributed by atoms with Crippen molar-refractivity contribution in [2.75, 3.05) is 18.1 Å². The van der Waals surface area contributed by atoms with Crippen molar-refractivity contribution in [3.05, 3.63) is 28.7 Å². The van der Waals surface area contributed by atoms with Crippen LogP contribution in [0.5, 0.6) is 5.75 Å². The van der Waals surface area contributed by atoms with Crippen LogP contribution in [0.2, 0.25) is 0 Å². The van der Waals surface area contributed by atoms with Gasteiger partial charge in [-0.2, -0.15) is 0 Å². The first-order chi connectivity index (χ1) is 8.39. The molecule has 1 saturated heterocycles. The Hall–Kier alpha value is -0.590. The number of sulfone groups is 1. The molecule has 0 amide bonds. The van der Waals surface area contributed by atoms with E-state index in [1.54, 1.807) is 0 Å². The van der Waals surface area contributed by atoms with Gasteiger partial charge in [-0.1, -0.05) is 15.9 Å². The normalized spacial score (nSPS) is 26.1. The average Bonchev–Trinajstić information content (AvgIpc) is 2.56. The zero-order valence-electron chi connectivity index (χ0n) is 9.93. The summed E-state index contributed by atoms with van der Waals surface area (Å²) in [6.45, 7) is 0.438. The molecule has 2 N–H and O–H groups in total. The van der Waals surface area contributed by atoms with E-state index in [2.05, 4.69) is 15.9 Å². The van der Waals surface area contributed by atoms with E-state index in [0.717, 1.165) is 10.2 Å². The SMILES string of the molecule is NC1(CCOc2ccc(Br)cc2)CCS(=O)(=O)C1. The second-order valence-corrected chi connectivity index (χ2v) is 7.86. The molecule has 100 valence electrons. The molecule has 0 radical (unpaired) electrons. The van der Waals surface area contributed by atoms with E-state index in [-0.39, 0.29) is 11.5 Å². The molecule has 0 bridgehead atoms. The van der Waals surface area contributed by atoms with Crippen molar-refractivity contribution in [3.63, 3.8) is 0 Å². The molecule has 1 aromatic rings. The van der Waals surface area contributed by atoms with Crippen LogP contribution in [-0.2, 0) is 9.84 Å². The predicted molar refractivity (Wildman–Crippen MR) is 74.4 cm³/mol. The summed E-state index contributed by atoms with van der Waals surface area (Å²) in [5.41, 5.74) is 5.44. The number of halogens is 1.